The van der Waals surface area contributed by atoms with Crippen molar-refractivity contribution >= 4 is 22.8 Å². The number of carboxylic acid groups (broad SMARTS) is 1. The predicted octanol–water partition coefficient (Wildman–Crippen LogP) is 6.31. The molecule has 4 heteroatoms. The lowest BCUT2D eigenvalue weighted by Crippen LogP contribution is -2.02. The van der Waals surface area contributed by atoms with Crippen molar-refractivity contribution in [3.63, 3.8) is 0 Å². The standard InChI is InChI=1S/C26H19FO3/c27-23-10-6-18(7-11-23)20-9-13-25(26(29)30)22(15-20)3-1-2-17-4-5-21-16-24(28)12-8-19(21)14-17/h1-2,4-16,28H,3H2,(H,29,30). The molecule has 0 radical (unpaired) electrons. The summed E-state index contributed by atoms with van der Waals surface area (Å²) in [5.74, 6) is -1.06. The third-order valence-electron chi connectivity index (χ3n) is 5.01. The second kappa shape index (κ2) is 8.21. The van der Waals surface area contributed by atoms with E-state index in [1.165, 1.54) is 12.1 Å². The number of hydrogen-bond donors (Lipinski definition) is 2. The molecular weight excluding hydrogens is 379 g/mol. The van der Waals surface area contributed by atoms with Crippen LogP contribution in [0.2, 0.25) is 0 Å². The van der Waals surface area contributed by atoms with E-state index in [0.717, 1.165) is 27.5 Å². The van der Waals surface area contributed by atoms with Gasteiger partial charge in [0.1, 0.15) is 11.6 Å². The summed E-state index contributed by atoms with van der Waals surface area (Å²) >= 11 is 0. The fourth-order valence-electron chi connectivity index (χ4n) is 3.47. The largest absolute Gasteiger partial charge is 0.508 e. The molecule has 0 aliphatic heterocycles. The van der Waals surface area contributed by atoms with Crippen molar-refractivity contribution in [2.75, 3.05) is 0 Å². The van der Waals surface area contributed by atoms with Crippen LogP contribution < -0.4 is 0 Å². The molecule has 0 atom stereocenters. The smallest absolute Gasteiger partial charge is 0.335 e. The summed E-state index contributed by atoms with van der Waals surface area (Å²) in [7, 11) is 0. The molecule has 0 aromatic heterocycles. The van der Waals surface area contributed by atoms with Crippen LogP contribution in [-0.4, -0.2) is 16.2 Å². The Morgan fingerprint density at radius 3 is 2.30 bits per heavy atom. The van der Waals surface area contributed by atoms with Gasteiger partial charge in [-0.15, -0.1) is 0 Å². The van der Waals surface area contributed by atoms with Crippen LogP contribution in [0.15, 0.2) is 84.9 Å². The molecule has 0 unspecified atom stereocenters. The van der Waals surface area contributed by atoms with Crippen LogP contribution in [0.5, 0.6) is 5.75 Å². The number of allylic oxidation sites excluding steroid dienone is 1. The second-order valence-electron chi connectivity index (χ2n) is 7.08. The molecule has 0 fully saturated rings. The number of halogens is 1. The maximum Gasteiger partial charge on any atom is 0.335 e. The minimum atomic E-state index is -0.977. The SMILES string of the molecule is O=C(O)c1ccc(-c2ccc(F)cc2)cc1CC=Cc1ccc2cc(O)ccc2c1. The van der Waals surface area contributed by atoms with E-state index in [-0.39, 0.29) is 17.1 Å². The highest BCUT2D eigenvalue weighted by Gasteiger charge is 2.11. The molecule has 0 spiro atoms. The zero-order chi connectivity index (χ0) is 21.1. The van der Waals surface area contributed by atoms with Crippen molar-refractivity contribution < 1.29 is 19.4 Å². The maximum atomic E-state index is 13.2. The Morgan fingerprint density at radius 2 is 1.53 bits per heavy atom. The van der Waals surface area contributed by atoms with E-state index in [2.05, 4.69) is 0 Å². The zero-order valence-corrected chi connectivity index (χ0v) is 16.0. The average Bonchev–Trinajstić information content (AvgIpc) is 2.74. The number of carboxylic acids is 1. The Labute approximate surface area is 173 Å². The summed E-state index contributed by atoms with van der Waals surface area (Å²) in [5, 5.41) is 21.1. The zero-order valence-electron chi connectivity index (χ0n) is 16.0. The molecule has 0 aliphatic rings. The van der Waals surface area contributed by atoms with Crippen molar-refractivity contribution in [2.24, 2.45) is 0 Å². The molecular formula is C26H19FO3. The van der Waals surface area contributed by atoms with Crippen LogP contribution in [0.25, 0.3) is 28.0 Å². The van der Waals surface area contributed by atoms with Gasteiger partial charge in [0.05, 0.1) is 5.56 Å². The first-order valence-electron chi connectivity index (χ1n) is 9.51. The first kappa shape index (κ1) is 19.4. The first-order chi connectivity index (χ1) is 14.5. The van der Waals surface area contributed by atoms with Crippen LogP contribution in [0, 0.1) is 5.82 Å². The molecule has 4 rings (SSSR count). The number of hydrogen-bond acceptors (Lipinski definition) is 2. The number of phenols is 1. The van der Waals surface area contributed by atoms with Gasteiger partial charge in [-0.25, -0.2) is 9.18 Å². The maximum absolute atomic E-state index is 13.2. The Bertz CT molecular complexity index is 1260. The second-order valence-corrected chi connectivity index (χ2v) is 7.08. The van der Waals surface area contributed by atoms with Gasteiger partial charge in [-0.1, -0.05) is 48.6 Å². The van der Waals surface area contributed by atoms with E-state index < -0.39 is 5.97 Å². The third-order valence-corrected chi connectivity index (χ3v) is 5.01. The van der Waals surface area contributed by atoms with E-state index in [4.69, 9.17) is 0 Å². The lowest BCUT2D eigenvalue weighted by atomic mass is 9.97. The Kier molecular flexibility index (Phi) is 5.31. The van der Waals surface area contributed by atoms with Crippen LogP contribution in [0.4, 0.5) is 4.39 Å². The van der Waals surface area contributed by atoms with Crippen LogP contribution in [0.1, 0.15) is 21.5 Å². The lowest BCUT2D eigenvalue weighted by Gasteiger charge is -2.08. The van der Waals surface area contributed by atoms with Gasteiger partial charge in [0.25, 0.3) is 0 Å². The number of aromatic carboxylic acids is 1. The van der Waals surface area contributed by atoms with E-state index >= 15 is 0 Å². The van der Waals surface area contributed by atoms with Crippen molar-refractivity contribution in [2.45, 2.75) is 6.42 Å². The van der Waals surface area contributed by atoms with E-state index in [1.807, 2.05) is 42.5 Å². The number of fused-ring (bicyclic) bond motifs is 1. The van der Waals surface area contributed by atoms with Gasteiger partial charge in [-0.05, 0) is 81.9 Å². The summed E-state index contributed by atoms with van der Waals surface area (Å²) in [6.07, 6.45) is 4.32. The number of rotatable bonds is 5. The molecule has 3 nitrogen and oxygen atoms in total. The van der Waals surface area contributed by atoms with E-state index in [9.17, 15) is 19.4 Å². The Balaban J connectivity index is 1.61. The Hall–Kier alpha value is -3.92. The normalized spacial score (nSPS) is 11.2. The van der Waals surface area contributed by atoms with Crippen LogP contribution in [-0.2, 0) is 6.42 Å². The summed E-state index contributed by atoms with van der Waals surface area (Å²) < 4.78 is 13.2. The van der Waals surface area contributed by atoms with Crippen LogP contribution in [0.3, 0.4) is 0 Å². The molecule has 0 bridgehead atoms. The quantitative estimate of drug-likeness (QED) is 0.414. The number of aromatic hydroxyl groups is 1. The topological polar surface area (TPSA) is 57.5 Å². The summed E-state index contributed by atoms with van der Waals surface area (Å²) in [6, 6.07) is 22.4. The minimum Gasteiger partial charge on any atom is -0.508 e. The molecule has 0 saturated heterocycles. The highest BCUT2D eigenvalue weighted by molar-refractivity contribution is 5.90. The van der Waals surface area contributed by atoms with E-state index in [1.54, 1.807) is 36.4 Å². The molecule has 0 heterocycles. The highest BCUT2D eigenvalue weighted by Crippen LogP contribution is 2.25. The molecule has 2 N–H and O–H groups in total. The summed E-state index contributed by atoms with van der Waals surface area (Å²) in [6.45, 7) is 0. The number of phenolic OH excluding ortho intramolecular Hbond substituents is 1. The van der Waals surface area contributed by atoms with Gasteiger partial charge >= 0.3 is 5.97 Å². The lowest BCUT2D eigenvalue weighted by molar-refractivity contribution is 0.0696. The highest BCUT2D eigenvalue weighted by atomic mass is 19.1. The fourth-order valence-corrected chi connectivity index (χ4v) is 3.47. The minimum absolute atomic E-state index is 0.230. The first-order valence-corrected chi connectivity index (χ1v) is 9.51. The third kappa shape index (κ3) is 4.23. The number of carbonyl (C=O) groups is 1. The molecule has 4 aromatic rings. The summed E-state index contributed by atoms with van der Waals surface area (Å²) in [4.78, 5) is 11.6. The van der Waals surface area contributed by atoms with Crippen LogP contribution >= 0.6 is 0 Å². The van der Waals surface area contributed by atoms with Crippen molar-refractivity contribution in [3.8, 4) is 16.9 Å². The molecule has 4 aromatic carbocycles. The number of benzene rings is 4. The molecule has 30 heavy (non-hydrogen) atoms. The van der Waals surface area contributed by atoms with Gasteiger partial charge in [-0.2, -0.15) is 0 Å². The molecule has 0 amide bonds. The molecule has 0 saturated carbocycles. The van der Waals surface area contributed by atoms with Crippen molar-refractivity contribution in [1.82, 2.24) is 0 Å². The average molecular weight is 398 g/mol. The van der Waals surface area contributed by atoms with Gasteiger partial charge in [0.15, 0.2) is 0 Å². The van der Waals surface area contributed by atoms with Gasteiger partial charge in [0.2, 0.25) is 0 Å². The molecule has 0 aliphatic carbocycles. The predicted molar refractivity (Wildman–Crippen MR) is 117 cm³/mol. The summed E-state index contributed by atoms with van der Waals surface area (Å²) in [5.41, 5.74) is 3.59. The fraction of sp³-hybridized carbons (Fsp3) is 0.0385. The van der Waals surface area contributed by atoms with E-state index in [0.29, 0.717) is 12.0 Å². The molecule has 148 valence electrons. The monoisotopic (exact) mass is 398 g/mol. The van der Waals surface area contributed by atoms with Gasteiger partial charge in [0, 0.05) is 0 Å². The Morgan fingerprint density at radius 1 is 0.833 bits per heavy atom. The van der Waals surface area contributed by atoms with Crippen molar-refractivity contribution in [1.29, 1.82) is 0 Å². The van der Waals surface area contributed by atoms with Gasteiger partial charge < -0.3 is 10.2 Å². The van der Waals surface area contributed by atoms with Crippen molar-refractivity contribution in [3.05, 3.63) is 107 Å². The van der Waals surface area contributed by atoms with Gasteiger partial charge in [-0.3, -0.25) is 0 Å².